The fourth-order valence-corrected chi connectivity index (χ4v) is 2.91. The molecule has 0 saturated carbocycles. The Bertz CT molecular complexity index is 775. The molecule has 140 valence electrons. The molecule has 9 nitrogen and oxygen atoms in total. The van der Waals surface area contributed by atoms with Gasteiger partial charge in [-0.25, -0.2) is 0 Å². The number of aryl methyl sites for hydroxylation is 3. The topological polar surface area (TPSA) is 94.3 Å². The van der Waals surface area contributed by atoms with Crippen LogP contribution in [0.3, 0.4) is 0 Å². The highest BCUT2D eigenvalue weighted by Gasteiger charge is 2.25. The number of amides is 2. The molecule has 2 amide bonds. The Morgan fingerprint density at radius 1 is 1.23 bits per heavy atom. The van der Waals surface area contributed by atoms with Gasteiger partial charge >= 0.3 is 0 Å². The maximum absolute atomic E-state index is 12.9. The number of carbonyl (C=O) groups is 2. The zero-order valence-electron chi connectivity index (χ0n) is 15.1. The third kappa shape index (κ3) is 3.93. The monoisotopic (exact) mass is 360 g/mol. The molecule has 1 aliphatic heterocycles. The predicted molar refractivity (Wildman–Crippen MR) is 94.8 cm³/mol. The van der Waals surface area contributed by atoms with Gasteiger partial charge in [0.1, 0.15) is 5.69 Å². The Labute approximate surface area is 151 Å². The van der Waals surface area contributed by atoms with Gasteiger partial charge in [0.25, 0.3) is 5.91 Å². The standard InChI is InChI=1S/C17H24N6O3/c1-3-22-16(17(25)21-8-10-26-11-9-21)14(12-19-22)20-15(24)5-7-23-13(2)4-6-18-23/h4,6,12H,3,5,7-11H2,1-2H3,(H,20,24). The lowest BCUT2D eigenvalue weighted by molar-refractivity contribution is -0.116. The van der Waals surface area contributed by atoms with Crippen molar-refractivity contribution in [3.63, 3.8) is 0 Å². The highest BCUT2D eigenvalue weighted by atomic mass is 16.5. The van der Waals surface area contributed by atoms with Crippen LogP contribution < -0.4 is 5.32 Å². The third-order valence-electron chi connectivity index (χ3n) is 4.39. The SMILES string of the molecule is CCn1ncc(NC(=O)CCn2nccc2C)c1C(=O)N1CCOCC1. The van der Waals surface area contributed by atoms with E-state index in [1.165, 1.54) is 6.20 Å². The summed E-state index contributed by atoms with van der Waals surface area (Å²) in [4.78, 5) is 26.9. The summed E-state index contributed by atoms with van der Waals surface area (Å²) in [6.45, 7) is 7.02. The maximum Gasteiger partial charge on any atom is 0.274 e. The molecule has 9 heteroatoms. The number of hydrogen-bond acceptors (Lipinski definition) is 5. The Kier molecular flexibility index (Phi) is 5.67. The number of nitrogens with one attached hydrogen (secondary N) is 1. The Balaban J connectivity index is 1.69. The Morgan fingerprint density at radius 3 is 2.65 bits per heavy atom. The van der Waals surface area contributed by atoms with E-state index in [1.54, 1.807) is 20.5 Å². The van der Waals surface area contributed by atoms with Gasteiger partial charge < -0.3 is 15.0 Å². The first kappa shape index (κ1) is 18.1. The van der Waals surface area contributed by atoms with E-state index >= 15 is 0 Å². The van der Waals surface area contributed by atoms with Crippen molar-refractivity contribution in [3.05, 3.63) is 29.8 Å². The van der Waals surface area contributed by atoms with Gasteiger partial charge in [-0.05, 0) is 19.9 Å². The van der Waals surface area contributed by atoms with Gasteiger partial charge in [-0.15, -0.1) is 0 Å². The summed E-state index contributed by atoms with van der Waals surface area (Å²) >= 11 is 0. The minimum absolute atomic E-state index is 0.133. The van der Waals surface area contributed by atoms with Crippen LogP contribution in [0.2, 0.25) is 0 Å². The summed E-state index contributed by atoms with van der Waals surface area (Å²) in [5.41, 5.74) is 1.86. The summed E-state index contributed by atoms with van der Waals surface area (Å²) in [6.07, 6.45) is 3.51. The average molecular weight is 360 g/mol. The van der Waals surface area contributed by atoms with Gasteiger partial charge in [-0.1, -0.05) is 0 Å². The van der Waals surface area contributed by atoms with Crippen LogP contribution in [0.25, 0.3) is 0 Å². The van der Waals surface area contributed by atoms with Gasteiger partial charge in [-0.2, -0.15) is 10.2 Å². The molecular weight excluding hydrogens is 336 g/mol. The quantitative estimate of drug-likeness (QED) is 0.826. The van der Waals surface area contributed by atoms with E-state index in [4.69, 9.17) is 4.74 Å². The van der Waals surface area contributed by atoms with Crippen molar-refractivity contribution in [1.29, 1.82) is 0 Å². The lowest BCUT2D eigenvalue weighted by Gasteiger charge is -2.27. The molecule has 0 atom stereocenters. The summed E-state index contributed by atoms with van der Waals surface area (Å²) in [7, 11) is 0. The number of nitrogens with zero attached hydrogens (tertiary/aromatic N) is 5. The molecule has 0 spiro atoms. The number of aromatic nitrogens is 4. The van der Waals surface area contributed by atoms with Gasteiger partial charge in [0.2, 0.25) is 5.91 Å². The van der Waals surface area contributed by atoms with Gasteiger partial charge in [0.15, 0.2) is 0 Å². The fraction of sp³-hybridized carbons (Fsp3) is 0.529. The summed E-state index contributed by atoms with van der Waals surface area (Å²) in [5.74, 6) is -0.308. The normalized spacial score (nSPS) is 14.5. The highest BCUT2D eigenvalue weighted by molar-refractivity contribution is 6.02. The first-order valence-electron chi connectivity index (χ1n) is 8.81. The molecule has 0 unspecified atom stereocenters. The van der Waals surface area contributed by atoms with E-state index in [1.807, 2.05) is 19.9 Å². The van der Waals surface area contributed by atoms with Crippen LogP contribution in [0.15, 0.2) is 18.5 Å². The first-order valence-corrected chi connectivity index (χ1v) is 8.81. The molecule has 2 aromatic rings. The molecule has 3 rings (SSSR count). The third-order valence-corrected chi connectivity index (χ3v) is 4.39. The second-order valence-electron chi connectivity index (χ2n) is 6.12. The summed E-state index contributed by atoms with van der Waals surface area (Å²) in [6, 6.07) is 1.89. The summed E-state index contributed by atoms with van der Waals surface area (Å²) in [5, 5.41) is 11.2. The predicted octanol–water partition coefficient (Wildman–Crippen LogP) is 0.909. The van der Waals surface area contributed by atoms with E-state index in [-0.39, 0.29) is 18.2 Å². The van der Waals surface area contributed by atoms with E-state index in [9.17, 15) is 9.59 Å². The summed E-state index contributed by atoms with van der Waals surface area (Å²) < 4.78 is 8.69. The molecule has 3 heterocycles. The van der Waals surface area contributed by atoms with Crippen molar-refractivity contribution < 1.29 is 14.3 Å². The van der Waals surface area contributed by atoms with Crippen LogP contribution >= 0.6 is 0 Å². The number of rotatable bonds is 6. The van der Waals surface area contributed by atoms with Crippen molar-refractivity contribution in [2.24, 2.45) is 0 Å². The second-order valence-corrected chi connectivity index (χ2v) is 6.12. The minimum Gasteiger partial charge on any atom is -0.378 e. The van der Waals surface area contributed by atoms with Crippen molar-refractivity contribution in [1.82, 2.24) is 24.5 Å². The Morgan fingerprint density at radius 2 is 2.00 bits per heavy atom. The number of carbonyl (C=O) groups excluding carboxylic acids is 2. The maximum atomic E-state index is 12.9. The number of anilines is 1. The van der Waals surface area contributed by atoms with Crippen molar-refractivity contribution in [2.45, 2.75) is 33.4 Å². The van der Waals surface area contributed by atoms with Gasteiger partial charge in [0, 0.05) is 44.5 Å². The molecule has 1 fully saturated rings. The molecule has 26 heavy (non-hydrogen) atoms. The van der Waals surface area contributed by atoms with Crippen molar-refractivity contribution >= 4 is 17.5 Å². The lowest BCUT2D eigenvalue weighted by atomic mass is 10.2. The fourth-order valence-electron chi connectivity index (χ4n) is 2.91. The van der Waals surface area contributed by atoms with Crippen molar-refractivity contribution in [2.75, 3.05) is 31.6 Å². The molecule has 1 N–H and O–H groups in total. The molecule has 0 radical (unpaired) electrons. The smallest absolute Gasteiger partial charge is 0.274 e. The largest absolute Gasteiger partial charge is 0.378 e. The van der Waals surface area contributed by atoms with Crippen LogP contribution in [0.4, 0.5) is 5.69 Å². The molecular formula is C17H24N6O3. The van der Waals surface area contributed by atoms with E-state index in [2.05, 4.69) is 15.5 Å². The zero-order chi connectivity index (χ0) is 18.5. The molecule has 2 aromatic heterocycles. The molecule has 1 aliphatic rings. The van der Waals surface area contributed by atoms with Crippen LogP contribution in [0.1, 0.15) is 29.5 Å². The molecule has 0 aromatic carbocycles. The number of hydrogen-bond donors (Lipinski definition) is 1. The van der Waals surface area contributed by atoms with Gasteiger partial charge in [-0.3, -0.25) is 19.0 Å². The Hall–Kier alpha value is -2.68. The second kappa shape index (κ2) is 8.13. The van der Waals surface area contributed by atoms with Crippen LogP contribution in [-0.4, -0.2) is 62.6 Å². The number of morpholine rings is 1. The minimum atomic E-state index is -0.174. The zero-order valence-corrected chi connectivity index (χ0v) is 15.1. The lowest BCUT2D eigenvalue weighted by Crippen LogP contribution is -2.41. The van der Waals surface area contributed by atoms with Crippen molar-refractivity contribution in [3.8, 4) is 0 Å². The average Bonchev–Trinajstić information content (AvgIpc) is 3.25. The van der Waals surface area contributed by atoms with Crippen LogP contribution in [0.5, 0.6) is 0 Å². The molecule has 0 aliphatic carbocycles. The molecule has 1 saturated heterocycles. The highest BCUT2D eigenvalue weighted by Crippen LogP contribution is 2.19. The van der Waals surface area contributed by atoms with Gasteiger partial charge in [0.05, 0.1) is 25.1 Å². The van der Waals surface area contributed by atoms with E-state index in [0.29, 0.717) is 50.8 Å². The molecule has 0 bridgehead atoms. The van der Waals surface area contributed by atoms with E-state index < -0.39 is 0 Å². The van der Waals surface area contributed by atoms with Crippen LogP contribution in [-0.2, 0) is 22.6 Å². The van der Waals surface area contributed by atoms with E-state index in [0.717, 1.165) is 5.69 Å². The van der Waals surface area contributed by atoms with Crippen LogP contribution in [0, 0.1) is 6.92 Å². The first-order chi connectivity index (χ1) is 12.6. The number of ether oxygens (including phenoxy) is 1.